The number of aromatic amines is 1. The van der Waals surface area contributed by atoms with Gasteiger partial charge in [-0.05, 0) is 31.5 Å². The van der Waals surface area contributed by atoms with Crippen molar-refractivity contribution < 1.29 is 17.9 Å². The van der Waals surface area contributed by atoms with Gasteiger partial charge < -0.3 is 4.74 Å². The maximum Gasteiger partial charge on any atom is 0.359 e. The Hall–Kier alpha value is -2.93. The number of H-pyrrole nitrogens is 1. The highest BCUT2D eigenvalue weighted by Gasteiger charge is 2.30. The lowest BCUT2D eigenvalue weighted by Crippen LogP contribution is -2.08. The van der Waals surface area contributed by atoms with Crippen molar-refractivity contribution in [3.8, 4) is 11.1 Å². The summed E-state index contributed by atoms with van der Waals surface area (Å²) in [5.41, 5.74) is 1.67. The van der Waals surface area contributed by atoms with Crippen LogP contribution in [0.25, 0.3) is 11.1 Å². The second-order valence-corrected chi connectivity index (χ2v) is 7.57. The lowest BCUT2D eigenvalue weighted by molar-refractivity contribution is 0.0520. The maximum atomic E-state index is 13.1. The topological polar surface area (TPSA) is 89.1 Å². The number of hydrogen-bond donors (Lipinski definition) is 1. The van der Waals surface area contributed by atoms with E-state index in [9.17, 15) is 13.2 Å². The monoisotopic (exact) mass is 370 g/mol. The summed E-state index contributed by atoms with van der Waals surface area (Å²) in [4.78, 5) is 12.4. The first-order chi connectivity index (χ1) is 12.4. The van der Waals surface area contributed by atoms with Crippen molar-refractivity contribution in [2.45, 2.75) is 23.8 Å². The van der Waals surface area contributed by atoms with Crippen molar-refractivity contribution in [1.82, 2.24) is 10.2 Å². The number of nitrogens with one attached hydrogen (secondary N) is 1. The molecule has 0 atom stereocenters. The van der Waals surface area contributed by atoms with Gasteiger partial charge >= 0.3 is 5.97 Å². The molecule has 0 saturated carbocycles. The maximum absolute atomic E-state index is 13.1. The second-order valence-electron chi connectivity index (χ2n) is 5.68. The van der Waals surface area contributed by atoms with E-state index in [-0.39, 0.29) is 27.8 Å². The first-order valence-electron chi connectivity index (χ1n) is 8.07. The third kappa shape index (κ3) is 3.25. The van der Waals surface area contributed by atoms with Crippen molar-refractivity contribution in [3.05, 3.63) is 65.9 Å². The zero-order valence-electron chi connectivity index (χ0n) is 14.4. The van der Waals surface area contributed by atoms with Gasteiger partial charge in [-0.2, -0.15) is 5.10 Å². The van der Waals surface area contributed by atoms with Gasteiger partial charge in [0.2, 0.25) is 9.84 Å². The van der Waals surface area contributed by atoms with Gasteiger partial charge in [0.15, 0.2) is 10.7 Å². The van der Waals surface area contributed by atoms with E-state index >= 15 is 0 Å². The molecule has 1 aromatic heterocycles. The fraction of sp³-hybridized carbons (Fsp3) is 0.158. The van der Waals surface area contributed by atoms with E-state index in [4.69, 9.17) is 4.74 Å². The van der Waals surface area contributed by atoms with Gasteiger partial charge in [0, 0.05) is 0 Å². The van der Waals surface area contributed by atoms with Crippen LogP contribution in [0.3, 0.4) is 0 Å². The molecule has 7 heteroatoms. The van der Waals surface area contributed by atoms with Crippen LogP contribution in [-0.4, -0.2) is 31.2 Å². The Morgan fingerprint density at radius 2 is 1.73 bits per heavy atom. The number of aromatic nitrogens is 2. The molecule has 6 nitrogen and oxygen atoms in total. The number of ether oxygens (including phenoxy) is 1. The quantitative estimate of drug-likeness (QED) is 0.695. The smallest absolute Gasteiger partial charge is 0.359 e. The molecule has 0 fully saturated rings. The van der Waals surface area contributed by atoms with Crippen molar-refractivity contribution in [3.63, 3.8) is 0 Å². The molecule has 0 aliphatic heterocycles. The molecule has 0 saturated heterocycles. The highest BCUT2D eigenvalue weighted by atomic mass is 32.2. The largest absolute Gasteiger partial charge is 0.461 e. The van der Waals surface area contributed by atoms with Gasteiger partial charge in [0.25, 0.3) is 0 Å². The van der Waals surface area contributed by atoms with E-state index in [1.54, 1.807) is 43.3 Å². The molecule has 3 rings (SSSR count). The van der Waals surface area contributed by atoms with E-state index in [1.807, 2.05) is 13.0 Å². The van der Waals surface area contributed by atoms with Crippen LogP contribution in [0.1, 0.15) is 23.0 Å². The zero-order chi connectivity index (χ0) is 18.7. The summed E-state index contributed by atoms with van der Waals surface area (Å²) in [5.74, 6) is -0.673. The minimum Gasteiger partial charge on any atom is -0.461 e. The number of nitrogens with zero attached hydrogens (tertiary/aromatic N) is 1. The highest BCUT2D eigenvalue weighted by Crippen LogP contribution is 2.33. The number of rotatable bonds is 5. The molecule has 0 unspecified atom stereocenters. The van der Waals surface area contributed by atoms with Crippen LogP contribution in [-0.2, 0) is 14.6 Å². The SMILES string of the molecule is CCOC(=O)c1n[nH]c(S(=O)(=O)c2ccc(C)cc2)c1-c1ccccc1. The fourth-order valence-electron chi connectivity index (χ4n) is 2.58. The molecule has 0 amide bonds. The molecule has 0 radical (unpaired) electrons. The first kappa shape index (κ1) is 17.9. The Bertz CT molecular complexity index is 1020. The van der Waals surface area contributed by atoms with Crippen LogP contribution < -0.4 is 0 Å². The van der Waals surface area contributed by atoms with Crippen LogP contribution in [0, 0.1) is 6.92 Å². The number of hydrogen-bond acceptors (Lipinski definition) is 5. The van der Waals surface area contributed by atoms with Gasteiger partial charge in [0.05, 0.1) is 17.1 Å². The summed E-state index contributed by atoms with van der Waals surface area (Å²) in [7, 11) is -3.89. The fourth-order valence-corrected chi connectivity index (χ4v) is 3.95. The Labute approximate surface area is 151 Å². The summed E-state index contributed by atoms with van der Waals surface area (Å²) in [6.45, 7) is 3.72. The van der Waals surface area contributed by atoms with E-state index in [1.165, 1.54) is 12.1 Å². The number of aryl methyl sites for hydroxylation is 1. The molecule has 0 spiro atoms. The van der Waals surface area contributed by atoms with E-state index < -0.39 is 15.8 Å². The summed E-state index contributed by atoms with van der Waals surface area (Å²) >= 11 is 0. The van der Waals surface area contributed by atoms with E-state index in [0.717, 1.165) is 5.56 Å². The number of carbonyl (C=O) groups is 1. The molecule has 0 aliphatic carbocycles. The first-order valence-corrected chi connectivity index (χ1v) is 9.56. The molecule has 3 aromatic rings. The van der Waals surface area contributed by atoms with Crippen LogP contribution in [0.15, 0.2) is 64.5 Å². The van der Waals surface area contributed by atoms with Crippen LogP contribution in [0.5, 0.6) is 0 Å². The Morgan fingerprint density at radius 3 is 2.35 bits per heavy atom. The summed E-state index contributed by atoms with van der Waals surface area (Å²) in [6.07, 6.45) is 0. The minimum absolute atomic E-state index is 0.0521. The lowest BCUT2D eigenvalue weighted by atomic mass is 10.1. The molecular formula is C19H18N2O4S. The Balaban J connectivity index is 2.22. The van der Waals surface area contributed by atoms with Crippen molar-refractivity contribution in [2.75, 3.05) is 6.61 Å². The number of benzene rings is 2. The average Bonchev–Trinajstić information content (AvgIpc) is 3.09. The minimum atomic E-state index is -3.89. The molecular weight excluding hydrogens is 352 g/mol. The Morgan fingerprint density at radius 1 is 1.08 bits per heavy atom. The summed E-state index contributed by atoms with van der Waals surface area (Å²) in [5, 5.41) is 6.34. The summed E-state index contributed by atoms with van der Waals surface area (Å²) < 4.78 is 31.2. The average molecular weight is 370 g/mol. The molecule has 0 aliphatic rings. The van der Waals surface area contributed by atoms with Crippen LogP contribution in [0.2, 0.25) is 0 Å². The zero-order valence-corrected chi connectivity index (χ0v) is 15.2. The lowest BCUT2D eigenvalue weighted by Gasteiger charge is -2.08. The molecule has 1 N–H and O–H groups in total. The predicted molar refractivity (Wildman–Crippen MR) is 96.6 cm³/mol. The molecule has 2 aromatic carbocycles. The molecule has 1 heterocycles. The van der Waals surface area contributed by atoms with E-state index in [0.29, 0.717) is 5.56 Å². The standard InChI is InChI=1S/C19H18N2O4S/c1-3-25-19(22)17-16(14-7-5-4-6-8-14)18(21-20-17)26(23,24)15-11-9-13(2)10-12-15/h4-12H,3H2,1-2H3,(H,20,21). The molecule has 0 bridgehead atoms. The number of sulfone groups is 1. The highest BCUT2D eigenvalue weighted by molar-refractivity contribution is 7.91. The number of esters is 1. The number of carbonyl (C=O) groups excluding carboxylic acids is 1. The summed E-state index contributed by atoms with van der Waals surface area (Å²) in [6, 6.07) is 15.3. The van der Waals surface area contributed by atoms with Crippen molar-refractivity contribution in [1.29, 1.82) is 0 Å². The van der Waals surface area contributed by atoms with Crippen molar-refractivity contribution in [2.24, 2.45) is 0 Å². The van der Waals surface area contributed by atoms with Crippen molar-refractivity contribution >= 4 is 15.8 Å². The van der Waals surface area contributed by atoms with E-state index in [2.05, 4.69) is 10.2 Å². The van der Waals surface area contributed by atoms with Gasteiger partial charge in [0.1, 0.15) is 0 Å². The third-order valence-corrected chi connectivity index (χ3v) is 5.59. The second kappa shape index (κ2) is 7.13. The normalized spacial score (nSPS) is 11.3. The third-order valence-electron chi connectivity index (χ3n) is 3.86. The Kier molecular flexibility index (Phi) is 4.90. The van der Waals surface area contributed by atoms with Gasteiger partial charge in [-0.15, -0.1) is 0 Å². The van der Waals surface area contributed by atoms with Crippen LogP contribution >= 0.6 is 0 Å². The molecule has 134 valence electrons. The van der Waals surface area contributed by atoms with Gasteiger partial charge in [-0.25, -0.2) is 13.2 Å². The van der Waals surface area contributed by atoms with Gasteiger partial charge in [-0.3, -0.25) is 5.10 Å². The predicted octanol–water partition coefficient (Wildman–Crippen LogP) is 3.39. The van der Waals surface area contributed by atoms with Crippen LogP contribution in [0.4, 0.5) is 0 Å². The molecule has 26 heavy (non-hydrogen) atoms. The van der Waals surface area contributed by atoms with Gasteiger partial charge in [-0.1, -0.05) is 48.0 Å².